The van der Waals surface area contributed by atoms with Crippen molar-refractivity contribution in [1.29, 1.82) is 0 Å². The van der Waals surface area contributed by atoms with E-state index in [0.717, 1.165) is 24.1 Å². The monoisotopic (exact) mass is 396 g/mol. The minimum absolute atomic E-state index is 0.00710. The van der Waals surface area contributed by atoms with E-state index in [0.29, 0.717) is 41.7 Å². The zero-order chi connectivity index (χ0) is 20.7. The minimum Gasteiger partial charge on any atom is -0.496 e. The quantitative estimate of drug-likeness (QED) is 0.788. The van der Waals surface area contributed by atoms with Gasteiger partial charge in [0.05, 0.1) is 26.7 Å². The third-order valence-electron chi connectivity index (χ3n) is 5.68. The van der Waals surface area contributed by atoms with Crippen LogP contribution in [0.1, 0.15) is 46.3 Å². The van der Waals surface area contributed by atoms with Crippen molar-refractivity contribution < 1.29 is 19.1 Å². The van der Waals surface area contributed by atoms with Gasteiger partial charge in [-0.25, -0.2) is 9.97 Å². The van der Waals surface area contributed by atoms with Crippen LogP contribution in [0.15, 0.2) is 18.2 Å². The second-order valence-electron chi connectivity index (χ2n) is 7.29. The largest absolute Gasteiger partial charge is 0.496 e. The number of methoxy groups -OCH3 is 2. The van der Waals surface area contributed by atoms with Crippen LogP contribution in [-0.4, -0.2) is 54.5 Å². The number of aryl methyl sites for hydroxylation is 1. The number of anilines is 1. The molecule has 4 rings (SSSR count). The molecule has 0 radical (unpaired) electrons. The van der Waals surface area contributed by atoms with E-state index in [-0.39, 0.29) is 17.9 Å². The predicted molar refractivity (Wildman–Crippen MR) is 106 cm³/mol. The van der Waals surface area contributed by atoms with Gasteiger partial charge in [-0.1, -0.05) is 6.07 Å². The Morgan fingerprint density at radius 3 is 2.52 bits per heavy atom. The van der Waals surface area contributed by atoms with Gasteiger partial charge in [-0.15, -0.1) is 0 Å². The lowest BCUT2D eigenvalue weighted by Gasteiger charge is -2.26. The highest BCUT2D eigenvalue weighted by atomic mass is 16.5. The number of amides is 2. The molecule has 0 N–H and O–H groups in total. The number of likely N-dealkylation sites (tertiary alicyclic amines) is 1. The standard InChI is InChI=1S/C21H24N4O4/c1-12-13-11-17(26)24(2)20(13)23-19(22-12)14-7-6-10-25(14)21(27)18-15(28-3)8-5-9-16(18)29-4/h5,8-9,14H,6-7,10-11H2,1-4H3/t14-/m1/s1. The summed E-state index contributed by atoms with van der Waals surface area (Å²) >= 11 is 0. The van der Waals surface area contributed by atoms with Crippen LogP contribution in [0, 0.1) is 6.92 Å². The molecule has 0 aliphatic carbocycles. The van der Waals surface area contributed by atoms with Gasteiger partial charge in [0, 0.05) is 24.8 Å². The Labute approximate surface area is 169 Å². The number of carbonyl (C=O) groups is 2. The molecule has 1 saturated heterocycles. The van der Waals surface area contributed by atoms with E-state index >= 15 is 0 Å². The molecule has 1 aromatic carbocycles. The van der Waals surface area contributed by atoms with Crippen LogP contribution in [0.3, 0.4) is 0 Å². The van der Waals surface area contributed by atoms with Crippen LogP contribution in [-0.2, 0) is 11.2 Å². The fourth-order valence-corrected chi connectivity index (χ4v) is 4.11. The predicted octanol–water partition coefficient (Wildman–Crippen LogP) is 2.30. The van der Waals surface area contributed by atoms with Gasteiger partial charge in [-0.05, 0) is 31.9 Å². The zero-order valence-corrected chi connectivity index (χ0v) is 17.1. The van der Waals surface area contributed by atoms with Crippen LogP contribution in [0.5, 0.6) is 11.5 Å². The summed E-state index contributed by atoms with van der Waals surface area (Å²) in [6.45, 7) is 2.49. The third kappa shape index (κ3) is 3.08. The molecule has 1 fully saturated rings. The first-order valence-electron chi connectivity index (χ1n) is 9.62. The summed E-state index contributed by atoms with van der Waals surface area (Å²) in [5, 5.41) is 0. The number of carbonyl (C=O) groups excluding carboxylic acids is 2. The normalized spacial score (nSPS) is 18.2. The molecule has 8 nitrogen and oxygen atoms in total. The number of ether oxygens (including phenoxy) is 2. The lowest BCUT2D eigenvalue weighted by molar-refractivity contribution is -0.117. The van der Waals surface area contributed by atoms with E-state index in [1.54, 1.807) is 35.0 Å². The summed E-state index contributed by atoms with van der Waals surface area (Å²) in [5.74, 6) is 1.99. The number of benzene rings is 1. The summed E-state index contributed by atoms with van der Waals surface area (Å²) in [7, 11) is 4.79. The van der Waals surface area contributed by atoms with Gasteiger partial charge in [0.15, 0.2) is 5.82 Å². The molecule has 8 heteroatoms. The summed E-state index contributed by atoms with van der Waals surface area (Å²) < 4.78 is 10.8. The highest BCUT2D eigenvalue weighted by Crippen LogP contribution is 2.38. The Morgan fingerprint density at radius 1 is 1.17 bits per heavy atom. The number of rotatable bonds is 4. The first-order valence-corrected chi connectivity index (χ1v) is 9.62. The molecule has 1 atom stereocenters. The van der Waals surface area contributed by atoms with Crippen molar-refractivity contribution in [2.75, 3.05) is 32.7 Å². The molecule has 0 bridgehead atoms. The summed E-state index contributed by atoms with van der Waals surface area (Å²) in [4.78, 5) is 38.2. The summed E-state index contributed by atoms with van der Waals surface area (Å²) in [6, 6.07) is 5.02. The summed E-state index contributed by atoms with van der Waals surface area (Å²) in [6.07, 6.45) is 1.94. The second kappa shape index (κ2) is 7.35. The average molecular weight is 396 g/mol. The van der Waals surface area contributed by atoms with Crippen molar-refractivity contribution in [1.82, 2.24) is 14.9 Å². The Balaban J connectivity index is 1.72. The van der Waals surface area contributed by atoms with Crippen molar-refractivity contribution in [2.24, 2.45) is 0 Å². The lowest BCUT2D eigenvalue weighted by Crippen LogP contribution is -2.32. The van der Waals surface area contributed by atoms with E-state index in [2.05, 4.69) is 9.97 Å². The molecule has 152 valence electrons. The van der Waals surface area contributed by atoms with E-state index in [1.807, 2.05) is 6.92 Å². The van der Waals surface area contributed by atoms with E-state index in [4.69, 9.17) is 9.47 Å². The second-order valence-corrected chi connectivity index (χ2v) is 7.29. The van der Waals surface area contributed by atoms with E-state index in [9.17, 15) is 9.59 Å². The van der Waals surface area contributed by atoms with Gasteiger partial charge < -0.3 is 14.4 Å². The molecule has 2 amide bonds. The average Bonchev–Trinajstić information content (AvgIpc) is 3.33. The molecule has 2 aliphatic heterocycles. The molecule has 2 aromatic rings. The van der Waals surface area contributed by atoms with Crippen LogP contribution >= 0.6 is 0 Å². The maximum Gasteiger partial charge on any atom is 0.262 e. The van der Waals surface area contributed by atoms with Crippen LogP contribution in [0.25, 0.3) is 0 Å². The van der Waals surface area contributed by atoms with Crippen LogP contribution in [0.4, 0.5) is 5.82 Å². The van der Waals surface area contributed by atoms with Crippen molar-refractivity contribution in [2.45, 2.75) is 32.2 Å². The first kappa shape index (κ1) is 19.2. The molecule has 0 unspecified atom stereocenters. The highest BCUT2D eigenvalue weighted by molar-refractivity contribution is 6.01. The number of hydrogen-bond acceptors (Lipinski definition) is 6. The first-order chi connectivity index (χ1) is 14.0. The van der Waals surface area contributed by atoms with Gasteiger partial charge in [0.1, 0.15) is 22.9 Å². The number of nitrogens with zero attached hydrogens (tertiary/aromatic N) is 4. The summed E-state index contributed by atoms with van der Waals surface area (Å²) in [5.41, 5.74) is 2.05. The molecule has 3 heterocycles. The molecule has 0 saturated carbocycles. The number of aromatic nitrogens is 2. The molecule has 0 spiro atoms. The zero-order valence-electron chi connectivity index (χ0n) is 17.1. The van der Waals surface area contributed by atoms with Gasteiger partial charge in [-0.2, -0.15) is 0 Å². The minimum atomic E-state index is -0.259. The van der Waals surface area contributed by atoms with Crippen molar-refractivity contribution in [3.8, 4) is 11.5 Å². The Bertz CT molecular complexity index is 969. The van der Waals surface area contributed by atoms with Crippen LogP contribution in [0.2, 0.25) is 0 Å². The molecular formula is C21H24N4O4. The third-order valence-corrected chi connectivity index (χ3v) is 5.68. The van der Waals surface area contributed by atoms with Crippen molar-refractivity contribution in [3.63, 3.8) is 0 Å². The van der Waals surface area contributed by atoms with E-state index in [1.165, 1.54) is 14.2 Å². The SMILES string of the molecule is COc1cccc(OC)c1C(=O)N1CCC[C@@H]1c1nc(C)c2c(n1)N(C)C(=O)C2. The maximum atomic E-state index is 13.5. The Morgan fingerprint density at radius 2 is 1.86 bits per heavy atom. The van der Waals surface area contributed by atoms with Crippen molar-refractivity contribution in [3.05, 3.63) is 40.8 Å². The fourth-order valence-electron chi connectivity index (χ4n) is 4.11. The highest BCUT2D eigenvalue weighted by Gasteiger charge is 2.37. The Hall–Kier alpha value is -3.16. The smallest absolute Gasteiger partial charge is 0.262 e. The Kier molecular flexibility index (Phi) is 4.86. The van der Waals surface area contributed by atoms with Gasteiger partial charge in [0.25, 0.3) is 5.91 Å². The van der Waals surface area contributed by atoms with Crippen molar-refractivity contribution >= 4 is 17.6 Å². The fraction of sp³-hybridized carbons (Fsp3) is 0.429. The van der Waals surface area contributed by atoms with E-state index < -0.39 is 0 Å². The maximum absolute atomic E-state index is 13.5. The van der Waals surface area contributed by atoms with Gasteiger partial charge in [-0.3, -0.25) is 14.5 Å². The molecule has 1 aromatic heterocycles. The molecule has 2 aliphatic rings. The van der Waals surface area contributed by atoms with Gasteiger partial charge >= 0.3 is 0 Å². The number of fused-ring (bicyclic) bond motifs is 1. The topological polar surface area (TPSA) is 84.9 Å². The molecule has 29 heavy (non-hydrogen) atoms. The van der Waals surface area contributed by atoms with Crippen LogP contribution < -0.4 is 14.4 Å². The molecular weight excluding hydrogens is 372 g/mol. The van der Waals surface area contributed by atoms with Gasteiger partial charge in [0.2, 0.25) is 5.91 Å². The number of hydrogen-bond donors (Lipinski definition) is 0. The number of likely N-dealkylation sites (N-methyl/N-ethyl adjacent to an activating group) is 1. The lowest BCUT2D eigenvalue weighted by atomic mass is 10.1.